The van der Waals surface area contributed by atoms with Gasteiger partial charge in [0.15, 0.2) is 0 Å². The highest BCUT2D eigenvalue weighted by atomic mass is 28.4. The summed E-state index contributed by atoms with van der Waals surface area (Å²) in [6.07, 6.45) is 0.534. The average molecular weight is 350 g/mol. The number of hydrogen-bond donors (Lipinski definition) is 0. The number of anilines is 1. The van der Waals surface area contributed by atoms with Crippen molar-refractivity contribution in [2.75, 3.05) is 11.4 Å². The molecule has 0 unspecified atom stereocenters. The van der Waals surface area contributed by atoms with E-state index in [1.165, 1.54) is 6.92 Å². The molecule has 0 saturated heterocycles. The minimum absolute atomic E-state index is 0.0304. The Kier molecular flexibility index (Phi) is 6.78. The number of hydrogen-bond acceptors (Lipinski definition) is 3. The lowest BCUT2D eigenvalue weighted by Gasteiger charge is -2.36. The van der Waals surface area contributed by atoms with Crippen LogP contribution in [0.2, 0.25) is 18.1 Å². The fourth-order valence-corrected chi connectivity index (χ4v) is 3.11. The van der Waals surface area contributed by atoms with Gasteiger partial charge in [-0.2, -0.15) is 0 Å². The van der Waals surface area contributed by atoms with Gasteiger partial charge in [-0.15, -0.1) is 0 Å². The molecule has 0 N–H and O–H groups in total. The van der Waals surface area contributed by atoms with Crippen LogP contribution in [0.5, 0.6) is 5.75 Å². The Morgan fingerprint density at radius 2 is 1.79 bits per heavy atom. The van der Waals surface area contributed by atoms with Gasteiger partial charge in [0, 0.05) is 31.1 Å². The fraction of sp³-hybridized carbons (Fsp3) is 0.579. The Hall–Kier alpha value is -1.62. The molecule has 1 rings (SSSR count). The third-order valence-electron chi connectivity index (χ3n) is 4.62. The van der Waals surface area contributed by atoms with Crippen molar-refractivity contribution in [2.45, 2.75) is 65.6 Å². The van der Waals surface area contributed by atoms with Gasteiger partial charge >= 0.3 is 0 Å². The monoisotopic (exact) mass is 349 g/mol. The molecule has 24 heavy (non-hydrogen) atoms. The molecule has 0 aliphatic heterocycles. The number of rotatable bonds is 7. The van der Waals surface area contributed by atoms with Crippen molar-refractivity contribution in [2.24, 2.45) is 0 Å². The molecule has 1 amide bonds. The van der Waals surface area contributed by atoms with E-state index in [-0.39, 0.29) is 29.6 Å². The van der Waals surface area contributed by atoms with Crippen molar-refractivity contribution in [1.82, 2.24) is 0 Å². The van der Waals surface area contributed by atoms with E-state index in [0.29, 0.717) is 6.54 Å². The Balaban J connectivity index is 2.97. The van der Waals surface area contributed by atoms with Gasteiger partial charge in [0.1, 0.15) is 11.5 Å². The molecule has 0 saturated carbocycles. The van der Waals surface area contributed by atoms with Gasteiger partial charge in [-0.25, -0.2) is 0 Å². The Labute approximate surface area is 147 Å². The minimum atomic E-state index is -1.92. The zero-order valence-electron chi connectivity index (χ0n) is 16.1. The van der Waals surface area contributed by atoms with Crippen LogP contribution in [0.15, 0.2) is 24.3 Å². The second-order valence-electron chi connectivity index (χ2n) is 7.70. The molecule has 0 bridgehead atoms. The van der Waals surface area contributed by atoms with Crippen molar-refractivity contribution in [3.8, 4) is 5.75 Å². The second kappa shape index (κ2) is 7.97. The predicted octanol–water partition coefficient (Wildman–Crippen LogP) is 4.79. The highest BCUT2D eigenvalue weighted by Gasteiger charge is 2.39. The van der Waals surface area contributed by atoms with E-state index in [1.807, 2.05) is 31.2 Å². The molecule has 1 aromatic rings. The summed E-state index contributed by atoms with van der Waals surface area (Å²) in [7, 11) is -1.92. The third kappa shape index (κ3) is 5.48. The third-order valence-corrected chi connectivity index (χ3v) is 8.98. The Morgan fingerprint density at radius 1 is 1.17 bits per heavy atom. The van der Waals surface area contributed by atoms with Gasteiger partial charge in [0.25, 0.3) is 0 Å². The lowest BCUT2D eigenvalue weighted by molar-refractivity contribution is -0.123. The minimum Gasteiger partial charge on any atom is -0.543 e. The normalized spacial score (nSPS) is 12.0. The van der Waals surface area contributed by atoms with E-state index in [1.54, 1.807) is 4.90 Å². The molecule has 0 spiro atoms. The number of nitrogens with zero attached hydrogens (tertiary/aromatic N) is 1. The summed E-state index contributed by atoms with van der Waals surface area (Å²) < 4.78 is 6.33. The molecule has 0 aromatic heterocycles. The van der Waals surface area contributed by atoms with Crippen LogP contribution >= 0.6 is 0 Å². The first kappa shape index (κ1) is 20.4. The van der Waals surface area contributed by atoms with Gasteiger partial charge in [-0.1, -0.05) is 26.8 Å². The smallest absolute Gasteiger partial charge is 0.250 e. The first-order valence-corrected chi connectivity index (χ1v) is 11.5. The van der Waals surface area contributed by atoms with Crippen LogP contribution in [0.25, 0.3) is 0 Å². The zero-order valence-corrected chi connectivity index (χ0v) is 17.1. The molecular weight excluding hydrogens is 318 g/mol. The number of carbonyl (C=O) groups is 2. The van der Waals surface area contributed by atoms with Crippen LogP contribution in [0, 0.1) is 0 Å². The van der Waals surface area contributed by atoms with Crippen LogP contribution in [-0.4, -0.2) is 26.6 Å². The van der Waals surface area contributed by atoms with Crippen molar-refractivity contribution >= 4 is 25.7 Å². The van der Waals surface area contributed by atoms with E-state index in [2.05, 4.69) is 33.9 Å². The van der Waals surface area contributed by atoms with E-state index >= 15 is 0 Å². The van der Waals surface area contributed by atoms with Crippen LogP contribution < -0.4 is 9.33 Å². The van der Waals surface area contributed by atoms with Crippen molar-refractivity contribution in [3.63, 3.8) is 0 Å². The number of carbonyl (C=O) groups excluding carboxylic acids is 2. The maximum Gasteiger partial charge on any atom is 0.250 e. The van der Waals surface area contributed by atoms with Crippen LogP contribution in [-0.2, 0) is 9.59 Å². The fourth-order valence-electron chi connectivity index (χ4n) is 2.08. The van der Waals surface area contributed by atoms with Gasteiger partial charge < -0.3 is 14.1 Å². The number of benzene rings is 1. The van der Waals surface area contributed by atoms with E-state index in [4.69, 9.17) is 4.43 Å². The van der Waals surface area contributed by atoms with Gasteiger partial charge in [-0.3, -0.25) is 4.79 Å². The summed E-state index contributed by atoms with van der Waals surface area (Å²) in [6, 6.07) is 7.69. The van der Waals surface area contributed by atoms with Gasteiger partial charge in [0.05, 0.1) is 0 Å². The van der Waals surface area contributed by atoms with Crippen molar-refractivity contribution < 1.29 is 14.0 Å². The predicted molar refractivity (Wildman–Crippen MR) is 102 cm³/mol. The highest BCUT2D eigenvalue weighted by Crippen LogP contribution is 2.38. The molecule has 0 aliphatic rings. The molecule has 4 nitrogen and oxygen atoms in total. The van der Waals surface area contributed by atoms with Crippen LogP contribution in [0.3, 0.4) is 0 Å². The van der Waals surface area contributed by atoms with E-state index < -0.39 is 8.32 Å². The Bertz CT molecular complexity index is 591. The summed E-state index contributed by atoms with van der Waals surface area (Å²) in [6.45, 7) is 15.0. The second-order valence-corrected chi connectivity index (χ2v) is 12.4. The standard InChI is InChI=1S/C19H31NO3Si/c1-8-20(18(22)13-12-15(2)21)16-10-9-11-17(14-16)23-24(6,7)19(3,4)5/h9-11,14H,8,12-13H2,1-7H3. The SMILES string of the molecule is CCN(C(=O)CCC(C)=O)c1cccc(O[Si](C)(C)C(C)(C)C)c1. The summed E-state index contributed by atoms with van der Waals surface area (Å²) >= 11 is 0. The van der Waals surface area contributed by atoms with E-state index in [9.17, 15) is 9.59 Å². The van der Waals surface area contributed by atoms with Crippen LogP contribution in [0.1, 0.15) is 47.5 Å². The summed E-state index contributed by atoms with van der Waals surface area (Å²) in [4.78, 5) is 25.2. The van der Waals surface area contributed by atoms with Crippen molar-refractivity contribution in [1.29, 1.82) is 0 Å². The number of Topliss-reactive ketones (excluding diaryl/α,β-unsaturated/α-hetero) is 1. The lowest BCUT2D eigenvalue weighted by atomic mass is 10.2. The van der Waals surface area contributed by atoms with E-state index in [0.717, 1.165) is 11.4 Å². The molecule has 5 heteroatoms. The summed E-state index contributed by atoms with van der Waals surface area (Å²) in [5, 5.41) is 0.116. The highest BCUT2D eigenvalue weighted by molar-refractivity contribution is 6.74. The average Bonchev–Trinajstić information content (AvgIpc) is 2.44. The number of ketones is 1. The quantitative estimate of drug-likeness (QED) is 0.665. The maximum absolute atomic E-state index is 12.4. The largest absolute Gasteiger partial charge is 0.543 e. The molecule has 134 valence electrons. The summed E-state index contributed by atoms with van der Waals surface area (Å²) in [5.41, 5.74) is 0.822. The molecule has 1 aromatic carbocycles. The van der Waals surface area contributed by atoms with Crippen molar-refractivity contribution in [3.05, 3.63) is 24.3 Å². The first-order valence-electron chi connectivity index (χ1n) is 8.57. The first-order chi connectivity index (χ1) is 11.0. The molecule has 0 heterocycles. The number of amides is 1. The summed E-state index contributed by atoms with van der Waals surface area (Å²) in [5.74, 6) is 0.809. The maximum atomic E-state index is 12.4. The van der Waals surface area contributed by atoms with Crippen LogP contribution in [0.4, 0.5) is 5.69 Å². The molecule has 0 fully saturated rings. The molecule has 0 aliphatic carbocycles. The lowest BCUT2D eigenvalue weighted by Crippen LogP contribution is -2.43. The molecular formula is C19H31NO3Si. The topological polar surface area (TPSA) is 46.6 Å². The molecule has 0 atom stereocenters. The zero-order chi connectivity index (χ0) is 18.5. The van der Waals surface area contributed by atoms with Gasteiger partial charge in [0.2, 0.25) is 14.2 Å². The Morgan fingerprint density at radius 3 is 2.29 bits per heavy atom. The van der Waals surface area contributed by atoms with Gasteiger partial charge in [-0.05, 0) is 44.1 Å². The molecule has 0 radical (unpaired) electrons.